The average Bonchev–Trinajstić information content (AvgIpc) is 2.48. The highest BCUT2D eigenvalue weighted by Gasteiger charge is 2.14. The summed E-state index contributed by atoms with van der Waals surface area (Å²) in [7, 11) is -3.55. The minimum atomic E-state index is -3.55. The predicted molar refractivity (Wildman–Crippen MR) is 88.9 cm³/mol. The molecule has 0 radical (unpaired) electrons. The van der Waals surface area contributed by atoms with Gasteiger partial charge in [0.25, 0.3) is 0 Å². The van der Waals surface area contributed by atoms with Gasteiger partial charge in [-0.2, -0.15) is 4.39 Å². The van der Waals surface area contributed by atoms with Crippen molar-refractivity contribution in [1.29, 1.82) is 0 Å². The van der Waals surface area contributed by atoms with Crippen LogP contribution < -0.4 is 0 Å². The molecule has 0 amide bonds. The number of hydrogen-bond donors (Lipinski definition) is 0. The smallest absolute Gasteiger partial charge is 0.258 e. The Labute approximate surface area is 140 Å². The van der Waals surface area contributed by atoms with Crippen molar-refractivity contribution < 1.29 is 17.7 Å². The maximum atomic E-state index is 13.2. The van der Waals surface area contributed by atoms with E-state index in [2.05, 4.69) is 15.9 Å². The van der Waals surface area contributed by atoms with Crippen LogP contribution >= 0.6 is 15.9 Å². The van der Waals surface area contributed by atoms with Crippen LogP contribution in [0.25, 0.3) is 6.08 Å². The summed E-state index contributed by atoms with van der Waals surface area (Å²) in [6.45, 7) is 0. The second-order valence-corrected chi connectivity index (χ2v) is 7.51. The number of benzene rings is 2. The Morgan fingerprint density at radius 1 is 1.17 bits per heavy atom. The topological polar surface area (TPSA) is 77.3 Å². The van der Waals surface area contributed by atoms with Gasteiger partial charge in [0.1, 0.15) is 0 Å². The van der Waals surface area contributed by atoms with Gasteiger partial charge >= 0.3 is 5.69 Å². The van der Waals surface area contributed by atoms with Gasteiger partial charge in [-0.25, -0.2) is 8.42 Å². The Balaban J connectivity index is 2.19. The van der Waals surface area contributed by atoms with Crippen LogP contribution in [-0.2, 0) is 15.6 Å². The van der Waals surface area contributed by atoms with Gasteiger partial charge in [-0.1, -0.05) is 34.1 Å². The third-order valence-electron chi connectivity index (χ3n) is 2.92. The van der Waals surface area contributed by atoms with E-state index in [1.165, 1.54) is 12.1 Å². The lowest BCUT2D eigenvalue weighted by molar-refractivity contribution is -0.387. The van der Waals surface area contributed by atoms with Gasteiger partial charge in [-0.15, -0.1) is 0 Å². The minimum Gasteiger partial charge on any atom is -0.258 e. The molecular formula is C15H11BrFNO4S. The average molecular weight is 400 g/mol. The fraction of sp³-hybridized carbons (Fsp3) is 0.0667. The summed E-state index contributed by atoms with van der Waals surface area (Å²) in [6, 6.07) is 10.0. The van der Waals surface area contributed by atoms with E-state index in [0.717, 1.165) is 22.0 Å². The van der Waals surface area contributed by atoms with E-state index in [4.69, 9.17) is 0 Å². The molecular weight excluding hydrogens is 389 g/mol. The zero-order chi connectivity index (χ0) is 17.0. The lowest BCUT2D eigenvalue weighted by Gasteiger charge is -2.01. The van der Waals surface area contributed by atoms with Gasteiger partial charge in [-0.3, -0.25) is 10.1 Å². The number of rotatable bonds is 5. The van der Waals surface area contributed by atoms with Gasteiger partial charge in [0.2, 0.25) is 5.82 Å². The molecule has 0 spiro atoms. The predicted octanol–water partition coefficient (Wildman–Crippen LogP) is 4.08. The first-order valence-electron chi connectivity index (χ1n) is 6.36. The zero-order valence-electron chi connectivity index (χ0n) is 11.6. The van der Waals surface area contributed by atoms with Crippen LogP contribution in [0.5, 0.6) is 0 Å². The van der Waals surface area contributed by atoms with E-state index < -0.39 is 26.3 Å². The second kappa shape index (κ2) is 7.01. The number of nitrogens with zero attached hydrogens (tertiary/aromatic N) is 1. The Kier molecular flexibility index (Phi) is 5.27. The summed E-state index contributed by atoms with van der Waals surface area (Å²) >= 11 is 3.26. The number of sulfone groups is 1. The van der Waals surface area contributed by atoms with E-state index in [0.29, 0.717) is 5.56 Å². The molecule has 0 unspecified atom stereocenters. The number of hydrogen-bond acceptors (Lipinski definition) is 4. The molecule has 0 aliphatic carbocycles. The molecule has 0 saturated carbocycles. The van der Waals surface area contributed by atoms with Gasteiger partial charge < -0.3 is 0 Å². The maximum absolute atomic E-state index is 13.2. The normalized spacial score (nSPS) is 11.7. The van der Waals surface area contributed by atoms with Crippen molar-refractivity contribution >= 4 is 37.5 Å². The molecule has 120 valence electrons. The van der Waals surface area contributed by atoms with E-state index in [1.54, 1.807) is 24.3 Å². The quantitative estimate of drug-likeness (QED) is 0.560. The van der Waals surface area contributed by atoms with Crippen molar-refractivity contribution in [3.63, 3.8) is 0 Å². The molecule has 5 nitrogen and oxygen atoms in total. The van der Waals surface area contributed by atoms with Crippen molar-refractivity contribution in [3.05, 3.63) is 79.4 Å². The largest absolute Gasteiger partial charge is 0.305 e. The van der Waals surface area contributed by atoms with Crippen LogP contribution in [0.4, 0.5) is 10.1 Å². The van der Waals surface area contributed by atoms with E-state index in [-0.39, 0.29) is 11.3 Å². The van der Waals surface area contributed by atoms with Crippen LogP contribution in [-0.4, -0.2) is 13.3 Å². The first-order valence-corrected chi connectivity index (χ1v) is 8.87. The Morgan fingerprint density at radius 2 is 1.83 bits per heavy atom. The van der Waals surface area contributed by atoms with Gasteiger partial charge in [0.15, 0.2) is 9.84 Å². The van der Waals surface area contributed by atoms with Crippen LogP contribution in [0, 0.1) is 15.9 Å². The van der Waals surface area contributed by atoms with Crippen molar-refractivity contribution in [2.24, 2.45) is 0 Å². The van der Waals surface area contributed by atoms with Crippen molar-refractivity contribution in [3.8, 4) is 0 Å². The number of nitro benzene ring substituents is 1. The number of halogens is 2. The molecule has 2 aromatic rings. The van der Waals surface area contributed by atoms with Gasteiger partial charge in [0.05, 0.1) is 10.7 Å². The monoisotopic (exact) mass is 399 g/mol. The highest BCUT2D eigenvalue weighted by atomic mass is 79.9. The molecule has 23 heavy (non-hydrogen) atoms. The lowest BCUT2D eigenvalue weighted by atomic mass is 10.2. The molecule has 0 atom stereocenters. The van der Waals surface area contributed by atoms with Gasteiger partial charge in [0, 0.05) is 15.9 Å². The van der Waals surface area contributed by atoms with E-state index in [1.807, 2.05) is 0 Å². The summed E-state index contributed by atoms with van der Waals surface area (Å²) in [5.74, 6) is -1.16. The second-order valence-electron chi connectivity index (χ2n) is 4.70. The highest BCUT2D eigenvalue weighted by Crippen LogP contribution is 2.20. The van der Waals surface area contributed by atoms with Crippen LogP contribution in [0.15, 0.2) is 52.3 Å². The summed E-state index contributed by atoms with van der Waals surface area (Å²) in [4.78, 5) is 9.81. The van der Waals surface area contributed by atoms with E-state index in [9.17, 15) is 22.9 Å². The van der Waals surface area contributed by atoms with Crippen LogP contribution in [0.1, 0.15) is 11.1 Å². The summed E-state index contributed by atoms with van der Waals surface area (Å²) < 4.78 is 38.1. The van der Waals surface area contributed by atoms with E-state index >= 15 is 0 Å². The molecule has 2 aromatic carbocycles. The molecule has 0 aromatic heterocycles. The SMILES string of the molecule is O=[N+]([O-])c1cc(/C=C/S(=O)(=O)Cc2ccc(Br)cc2)ccc1F. The summed E-state index contributed by atoms with van der Waals surface area (Å²) in [6.07, 6.45) is 1.21. The Hall–Kier alpha value is -2.06. The third kappa shape index (κ3) is 4.97. The summed E-state index contributed by atoms with van der Waals surface area (Å²) in [5, 5.41) is 11.6. The minimum absolute atomic E-state index is 0.194. The first-order chi connectivity index (χ1) is 10.8. The molecule has 0 aliphatic heterocycles. The molecule has 0 saturated heterocycles. The fourth-order valence-electron chi connectivity index (χ4n) is 1.82. The lowest BCUT2D eigenvalue weighted by Crippen LogP contribution is -1.99. The summed E-state index contributed by atoms with van der Waals surface area (Å²) in [5.41, 5.74) is 0.151. The zero-order valence-corrected chi connectivity index (χ0v) is 14.1. The van der Waals surface area contributed by atoms with Crippen molar-refractivity contribution in [2.45, 2.75) is 5.75 Å². The van der Waals surface area contributed by atoms with Crippen molar-refractivity contribution in [2.75, 3.05) is 0 Å². The molecule has 0 aliphatic rings. The number of nitro groups is 1. The molecule has 0 fully saturated rings. The molecule has 0 bridgehead atoms. The highest BCUT2D eigenvalue weighted by molar-refractivity contribution is 9.10. The third-order valence-corrected chi connectivity index (χ3v) is 4.73. The standard InChI is InChI=1S/C15H11BrFNO4S/c16-13-4-1-12(2-5-13)10-23(21,22)8-7-11-3-6-14(17)15(9-11)18(19)20/h1-9H,10H2/b8-7+. The van der Waals surface area contributed by atoms with Crippen LogP contribution in [0.3, 0.4) is 0 Å². The van der Waals surface area contributed by atoms with Crippen LogP contribution in [0.2, 0.25) is 0 Å². The molecule has 2 rings (SSSR count). The maximum Gasteiger partial charge on any atom is 0.305 e. The van der Waals surface area contributed by atoms with Crippen molar-refractivity contribution in [1.82, 2.24) is 0 Å². The molecule has 8 heteroatoms. The Bertz CT molecular complexity index is 864. The first kappa shape index (κ1) is 17.3. The molecule has 0 heterocycles. The molecule has 0 N–H and O–H groups in total. The Morgan fingerprint density at radius 3 is 2.43 bits per heavy atom. The fourth-order valence-corrected chi connectivity index (χ4v) is 3.20. The van der Waals surface area contributed by atoms with Gasteiger partial charge in [-0.05, 0) is 35.4 Å².